The summed E-state index contributed by atoms with van der Waals surface area (Å²) in [5.41, 5.74) is 0. The summed E-state index contributed by atoms with van der Waals surface area (Å²) in [7, 11) is 0. The van der Waals surface area contributed by atoms with E-state index < -0.39 is 11.6 Å². The molecule has 0 aliphatic rings. The van der Waals surface area contributed by atoms with E-state index >= 15 is 0 Å². The molecular formula is C7H9FO. The quantitative estimate of drug-likeness (QED) is 0.531. The lowest BCUT2D eigenvalue weighted by molar-refractivity contribution is -0.112. The molecule has 0 aromatic heterocycles. The fourth-order valence-corrected chi connectivity index (χ4v) is 0.315. The topological polar surface area (TPSA) is 17.1 Å². The number of halogens is 1. The molecule has 0 rings (SSSR count). The van der Waals surface area contributed by atoms with Gasteiger partial charge in [-0.3, -0.25) is 4.79 Å². The maximum absolute atomic E-state index is 11.8. The van der Waals surface area contributed by atoms with E-state index in [-0.39, 0.29) is 0 Å². The van der Waals surface area contributed by atoms with Crippen LogP contribution in [-0.2, 0) is 4.79 Å². The van der Waals surface area contributed by atoms with Crippen molar-refractivity contribution >= 4 is 5.78 Å². The monoisotopic (exact) mass is 128 g/mol. The van der Waals surface area contributed by atoms with Gasteiger partial charge in [0.25, 0.3) is 0 Å². The minimum Gasteiger partial charge on any atom is -0.287 e. The zero-order valence-corrected chi connectivity index (χ0v) is 5.36. The molecule has 0 radical (unpaired) electrons. The van der Waals surface area contributed by atoms with Crippen molar-refractivity contribution in [3.05, 3.63) is 24.6 Å². The van der Waals surface area contributed by atoms with Crippen molar-refractivity contribution < 1.29 is 9.18 Å². The molecule has 1 nitrogen and oxygen atoms in total. The summed E-state index contributed by atoms with van der Waals surface area (Å²) in [6.45, 7) is 4.71. The summed E-state index contributed by atoms with van der Waals surface area (Å²) in [4.78, 5) is 10.3. The van der Waals surface area contributed by atoms with E-state index in [9.17, 15) is 9.18 Å². The third kappa shape index (κ3) is 3.64. The maximum Gasteiger partial charge on any atom is 0.213 e. The van der Waals surface area contributed by atoms with Gasteiger partial charge in [0.05, 0.1) is 0 Å². The summed E-state index contributed by atoms with van der Waals surface area (Å²) < 4.78 is 11.8. The second kappa shape index (κ2) is 4.01. The van der Waals surface area contributed by atoms with Crippen LogP contribution in [0.5, 0.6) is 0 Å². The van der Waals surface area contributed by atoms with Crippen LogP contribution in [0.1, 0.15) is 13.3 Å². The van der Waals surface area contributed by atoms with Crippen LogP contribution in [0.4, 0.5) is 4.39 Å². The fraction of sp³-hybridized carbons (Fsp3) is 0.286. The Kier molecular flexibility index (Phi) is 3.60. The Morgan fingerprint density at radius 3 is 2.67 bits per heavy atom. The first-order chi connectivity index (χ1) is 4.18. The van der Waals surface area contributed by atoms with Crippen LogP contribution in [0, 0.1) is 0 Å². The lowest BCUT2D eigenvalue weighted by Gasteiger charge is -1.82. The Morgan fingerprint density at radius 2 is 2.33 bits per heavy atom. The highest BCUT2D eigenvalue weighted by Crippen LogP contribution is 1.94. The molecule has 0 aliphatic heterocycles. The van der Waals surface area contributed by atoms with Crippen LogP contribution in [-0.4, -0.2) is 5.78 Å². The van der Waals surface area contributed by atoms with Crippen molar-refractivity contribution in [2.24, 2.45) is 0 Å². The van der Waals surface area contributed by atoms with Gasteiger partial charge >= 0.3 is 0 Å². The van der Waals surface area contributed by atoms with E-state index in [2.05, 4.69) is 6.58 Å². The highest BCUT2D eigenvalue weighted by molar-refractivity contribution is 6.01. The molecule has 0 amide bonds. The van der Waals surface area contributed by atoms with Crippen LogP contribution in [0.15, 0.2) is 24.6 Å². The van der Waals surface area contributed by atoms with E-state index in [1.54, 1.807) is 6.08 Å². The van der Waals surface area contributed by atoms with Crippen LogP contribution in [0.25, 0.3) is 0 Å². The summed E-state index contributed by atoms with van der Waals surface area (Å²) in [6, 6.07) is 0. The normalized spacial score (nSPS) is 10.0. The molecule has 0 N–H and O–H groups in total. The molecule has 2 heteroatoms. The first kappa shape index (κ1) is 8.08. The first-order valence-corrected chi connectivity index (χ1v) is 2.73. The van der Waals surface area contributed by atoms with Gasteiger partial charge in [-0.2, -0.15) is 0 Å². The zero-order chi connectivity index (χ0) is 7.28. The maximum atomic E-state index is 11.8. The van der Waals surface area contributed by atoms with E-state index in [0.29, 0.717) is 0 Å². The van der Waals surface area contributed by atoms with Gasteiger partial charge in [0.2, 0.25) is 5.78 Å². The number of carbonyl (C=O) groups is 1. The predicted molar refractivity (Wildman–Crippen MR) is 34.7 cm³/mol. The summed E-state index contributed by atoms with van der Waals surface area (Å²) in [5, 5.41) is 0. The van der Waals surface area contributed by atoms with E-state index in [1.165, 1.54) is 6.08 Å². The van der Waals surface area contributed by atoms with Crippen molar-refractivity contribution in [2.75, 3.05) is 0 Å². The van der Waals surface area contributed by atoms with Gasteiger partial charge in [0.15, 0.2) is 5.83 Å². The fourth-order valence-electron chi connectivity index (χ4n) is 0.315. The van der Waals surface area contributed by atoms with E-state index in [4.69, 9.17) is 0 Å². The average molecular weight is 128 g/mol. The van der Waals surface area contributed by atoms with Crippen molar-refractivity contribution in [3.63, 3.8) is 0 Å². The molecule has 0 saturated carbocycles. The van der Waals surface area contributed by atoms with Crippen LogP contribution < -0.4 is 0 Å². The minimum atomic E-state index is -0.903. The van der Waals surface area contributed by atoms with Gasteiger partial charge in [0, 0.05) is 0 Å². The van der Waals surface area contributed by atoms with Gasteiger partial charge in [0.1, 0.15) is 0 Å². The Labute approximate surface area is 53.9 Å². The molecule has 0 bridgehead atoms. The summed E-state index contributed by atoms with van der Waals surface area (Å²) >= 11 is 0. The Hall–Kier alpha value is -0.920. The molecule has 0 aliphatic carbocycles. The third-order valence-electron chi connectivity index (χ3n) is 0.772. The third-order valence-corrected chi connectivity index (χ3v) is 0.772. The molecule has 0 atom stereocenters. The molecule has 0 heterocycles. The van der Waals surface area contributed by atoms with Crippen molar-refractivity contribution in [2.45, 2.75) is 13.3 Å². The van der Waals surface area contributed by atoms with Gasteiger partial charge in [-0.1, -0.05) is 19.6 Å². The number of carbonyl (C=O) groups excluding carboxylic acids is 1. The predicted octanol–water partition coefficient (Wildman–Crippen LogP) is 2.00. The van der Waals surface area contributed by atoms with E-state index in [0.717, 1.165) is 6.42 Å². The van der Waals surface area contributed by atoms with Gasteiger partial charge in [-0.15, -0.1) is 0 Å². The summed E-state index contributed by atoms with van der Waals surface area (Å²) in [6.07, 6.45) is 3.51. The molecular weight excluding hydrogens is 119 g/mol. The standard InChI is InChI=1S/C7H9FO/c1-3-4-5-7(9)6(2)8/h4-5H,2-3H2,1H3. The van der Waals surface area contributed by atoms with Crippen molar-refractivity contribution in [3.8, 4) is 0 Å². The molecule has 0 unspecified atom stereocenters. The van der Waals surface area contributed by atoms with Crippen molar-refractivity contribution in [1.29, 1.82) is 0 Å². The SMILES string of the molecule is C=C(F)C(=O)C=CCC. The minimum absolute atomic E-state index is 0.642. The number of hydrogen-bond donors (Lipinski definition) is 0. The van der Waals surface area contributed by atoms with Crippen LogP contribution in [0.2, 0.25) is 0 Å². The Bertz CT molecular complexity index is 147. The van der Waals surface area contributed by atoms with Crippen LogP contribution in [0.3, 0.4) is 0 Å². The van der Waals surface area contributed by atoms with Gasteiger partial charge in [-0.05, 0) is 12.5 Å². The second-order valence-electron chi connectivity index (χ2n) is 1.58. The van der Waals surface area contributed by atoms with Gasteiger partial charge in [-0.25, -0.2) is 4.39 Å². The largest absolute Gasteiger partial charge is 0.287 e. The molecule has 9 heavy (non-hydrogen) atoms. The highest BCUT2D eigenvalue weighted by atomic mass is 19.1. The lowest BCUT2D eigenvalue weighted by Crippen LogP contribution is -1.89. The zero-order valence-electron chi connectivity index (χ0n) is 5.36. The number of allylic oxidation sites excluding steroid dienone is 3. The number of rotatable bonds is 3. The molecule has 0 saturated heterocycles. The summed E-state index contributed by atoms with van der Waals surface area (Å²) in [5.74, 6) is -1.54. The molecule has 50 valence electrons. The van der Waals surface area contributed by atoms with Crippen LogP contribution >= 0.6 is 0 Å². The second-order valence-corrected chi connectivity index (χ2v) is 1.58. The Balaban J connectivity index is 3.77. The smallest absolute Gasteiger partial charge is 0.213 e. The van der Waals surface area contributed by atoms with Gasteiger partial charge < -0.3 is 0 Å². The first-order valence-electron chi connectivity index (χ1n) is 2.73. The number of hydrogen-bond acceptors (Lipinski definition) is 1. The molecule has 0 aromatic rings. The highest BCUT2D eigenvalue weighted by Gasteiger charge is 1.97. The Morgan fingerprint density at radius 1 is 1.78 bits per heavy atom. The van der Waals surface area contributed by atoms with Crippen molar-refractivity contribution in [1.82, 2.24) is 0 Å². The van der Waals surface area contributed by atoms with E-state index in [1.807, 2.05) is 6.92 Å². The number of ketones is 1. The molecule has 0 spiro atoms. The lowest BCUT2D eigenvalue weighted by atomic mass is 10.3. The molecule has 0 aromatic carbocycles. The average Bonchev–Trinajstić information content (AvgIpc) is 1.82. The molecule has 0 fully saturated rings.